The molecule has 0 radical (unpaired) electrons. The van der Waals surface area contributed by atoms with E-state index in [1.807, 2.05) is 19.1 Å². The van der Waals surface area contributed by atoms with Crippen LogP contribution in [0.4, 0.5) is 0 Å². The standard InChI is InChI=1S/C16H24N2O3/c1-5-20-13-7-11-6-10(2)21-14(11)8-12(13)9-18-16(3,4)15(17)19/h7-8,10,18H,5-6,9H2,1-4H3,(H2,17,19). The number of hydrogen-bond donors (Lipinski definition) is 2. The summed E-state index contributed by atoms with van der Waals surface area (Å²) in [5.74, 6) is 1.35. The number of carbonyl (C=O) groups is 1. The van der Waals surface area contributed by atoms with Crippen LogP contribution in [0.3, 0.4) is 0 Å². The lowest BCUT2D eigenvalue weighted by Gasteiger charge is -2.23. The molecule has 1 atom stereocenters. The Balaban J connectivity index is 2.22. The molecular formula is C16H24N2O3. The molecule has 1 aromatic rings. The first-order valence-corrected chi connectivity index (χ1v) is 7.33. The molecule has 116 valence electrons. The lowest BCUT2D eigenvalue weighted by molar-refractivity contribution is -0.123. The van der Waals surface area contributed by atoms with Crippen LogP contribution in [0.15, 0.2) is 12.1 Å². The second kappa shape index (κ2) is 5.93. The molecular weight excluding hydrogens is 268 g/mol. The van der Waals surface area contributed by atoms with E-state index in [9.17, 15) is 4.79 Å². The normalized spacial score (nSPS) is 17.2. The van der Waals surface area contributed by atoms with Gasteiger partial charge in [0.2, 0.25) is 5.91 Å². The molecule has 1 amide bonds. The van der Waals surface area contributed by atoms with E-state index in [0.717, 1.165) is 23.5 Å². The Bertz CT molecular complexity index is 541. The van der Waals surface area contributed by atoms with Crippen LogP contribution in [0.25, 0.3) is 0 Å². The molecule has 0 spiro atoms. The van der Waals surface area contributed by atoms with Crippen LogP contribution >= 0.6 is 0 Å². The fourth-order valence-corrected chi connectivity index (χ4v) is 2.31. The third-order valence-corrected chi connectivity index (χ3v) is 3.72. The van der Waals surface area contributed by atoms with Crippen molar-refractivity contribution in [3.05, 3.63) is 23.3 Å². The fourth-order valence-electron chi connectivity index (χ4n) is 2.31. The van der Waals surface area contributed by atoms with Crippen molar-refractivity contribution in [3.63, 3.8) is 0 Å². The Morgan fingerprint density at radius 2 is 2.24 bits per heavy atom. The molecule has 0 saturated carbocycles. The summed E-state index contributed by atoms with van der Waals surface area (Å²) in [6.45, 7) is 8.63. The third kappa shape index (κ3) is 3.47. The molecule has 2 rings (SSSR count). The van der Waals surface area contributed by atoms with Crippen molar-refractivity contribution in [2.75, 3.05) is 6.61 Å². The lowest BCUT2D eigenvalue weighted by Crippen LogP contribution is -2.50. The second-order valence-electron chi connectivity index (χ2n) is 5.98. The van der Waals surface area contributed by atoms with E-state index in [1.54, 1.807) is 13.8 Å². The number of nitrogens with two attached hydrogens (primary N) is 1. The summed E-state index contributed by atoms with van der Waals surface area (Å²) in [4.78, 5) is 11.4. The predicted molar refractivity (Wildman–Crippen MR) is 81.5 cm³/mol. The van der Waals surface area contributed by atoms with Gasteiger partial charge in [-0.1, -0.05) is 0 Å². The Morgan fingerprint density at radius 3 is 2.86 bits per heavy atom. The molecule has 0 fully saturated rings. The predicted octanol–water partition coefficient (Wildman–Crippen LogP) is 1.76. The zero-order valence-electron chi connectivity index (χ0n) is 13.2. The van der Waals surface area contributed by atoms with E-state index in [4.69, 9.17) is 15.2 Å². The first-order chi connectivity index (χ1) is 9.83. The molecule has 1 heterocycles. The van der Waals surface area contributed by atoms with Gasteiger partial charge in [0.25, 0.3) is 0 Å². The lowest BCUT2D eigenvalue weighted by atomic mass is 10.0. The molecule has 5 nitrogen and oxygen atoms in total. The van der Waals surface area contributed by atoms with E-state index in [-0.39, 0.29) is 12.0 Å². The molecule has 21 heavy (non-hydrogen) atoms. The topological polar surface area (TPSA) is 73.6 Å². The molecule has 1 unspecified atom stereocenters. The van der Waals surface area contributed by atoms with Crippen LogP contribution < -0.4 is 20.5 Å². The third-order valence-electron chi connectivity index (χ3n) is 3.72. The Labute approximate surface area is 125 Å². The average Bonchev–Trinajstić information content (AvgIpc) is 2.75. The monoisotopic (exact) mass is 292 g/mol. The van der Waals surface area contributed by atoms with Gasteiger partial charge >= 0.3 is 0 Å². The summed E-state index contributed by atoms with van der Waals surface area (Å²) >= 11 is 0. The van der Waals surface area contributed by atoms with Gasteiger partial charge in [-0.15, -0.1) is 0 Å². The van der Waals surface area contributed by atoms with Gasteiger partial charge < -0.3 is 15.2 Å². The van der Waals surface area contributed by atoms with Gasteiger partial charge in [0.15, 0.2) is 0 Å². The minimum Gasteiger partial charge on any atom is -0.494 e. The SMILES string of the molecule is CCOc1cc2c(cc1CNC(C)(C)C(N)=O)OC(C)C2. The maximum absolute atomic E-state index is 11.4. The molecule has 0 saturated heterocycles. The molecule has 1 aliphatic heterocycles. The van der Waals surface area contributed by atoms with E-state index >= 15 is 0 Å². The smallest absolute Gasteiger partial charge is 0.237 e. The van der Waals surface area contributed by atoms with Crippen molar-refractivity contribution in [1.29, 1.82) is 0 Å². The van der Waals surface area contributed by atoms with E-state index in [1.165, 1.54) is 5.56 Å². The Hall–Kier alpha value is -1.75. The minimum atomic E-state index is -0.767. The highest BCUT2D eigenvalue weighted by Crippen LogP contribution is 2.35. The van der Waals surface area contributed by atoms with Crippen molar-refractivity contribution in [1.82, 2.24) is 5.32 Å². The number of nitrogens with one attached hydrogen (secondary N) is 1. The van der Waals surface area contributed by atoms with Crippen LogP contribution in [-0.2, 0) is 17.8 Å². The van der Waals surface area contributed by atoms with Crippen LogP contribution in [0.1, 0.15) is 38.8 Å². The quantitative estimate of drug-likeness (QED) is 0.838. The van der Waals surface area contributed by atoms with Crippen LogP contribution in [0.2, 0.25) is 0 Å². The summed E-state index contributed by atoms with van der Waals surface area (Å²) in [6.07, 6.45) is 1.09. The molecule has 3 N–H and O–H groups in total. The van der Waals surface area contributed by atoms with Crippen LogP contribution in [0.5, 0.6) is 11.5 Å². The second-order valence-corrected chi connectivity index (χ2v) is 5.98. The van der Waals surface area contributed by atoms with Crippen molar-refractivity contribution in [2.24, 2.45) is 5.73 Å². The van der Waals surface area contributed by atoms with E-state index in [2.05, 4.69) is 12.2 Å². The average molecular weight is 292 g/mol. The highest BCUT2D eigenvalue weighted by atomic mass is 16.5. The number of carbonyl (C=O) groups excluding carboxylic acids is 1. The van der Waals surface area contributed by atoms with Gasteiger partial charge in [0.05, 0.1) is 12.1 Å². The molecule has 0 aliphatic carbocycles. The number of hydrogen-bond acceptors (Lipinski definition) is 4. The number of rotatable bonds is 6. The number of amides is 1. The van der Waals surface area contributed by atoms with Crippen LogP contribution in [-0.4, -0.2) is 24.2 Å². The van der Waals surface area contributed by atoms with Crippen molar-refractivity contribution < 1.29 is 14.3 Å². The highest BCUT2D eigenvalue weighted by Gasteiger charge is 2.26. The summed E-state index contributed by atoms with van der Waals surface area (Å²) in [7, 11) is 0. The molecule has 0 bridgehead atoms. The fraction of sp³-hybridized carbons (Fsp3) is 0.562. The van der Waals surface area contributed by atoms with Crippen LogP contribution in [0, 0.1) is 0 Å². The minimum absolute atomic E-state index is 0.194. The van der Waals surface area contributed by atoms with Gasteiger partial charge in [-0.2, -0.15) is 0 Å². The highest BCUT2D eigenvalue weighted by molar-refractivity contribution is 5.83. The first-order valence-electron chi connectivity index (χ1n) is 7.33. The zero-order chi connectivity index (χ0) is 15.6. The number of fused-ring (bicyclic) bond motifs is 1. The van der Waals surface area contributed by atoms with Crippen molar-refractivity contribution in [3.8, 4) is 11.5 Å². The molecule has 5 heteroatoms. The Kier molecular flexibility index (Phi) is 4.42. The summed E-state index contributed by atoms with van der Waals surface area (Å²) < 4.78 is 11.5. The molecule has 1 aliphatic rings. The van der Waals surface area contributed by atoms with E-state index < -0.39 is 5.54 Å². The molecule has 0 aromatic heterocycles. The maximum Gasteiger partial charge on any atom is 0.237 e. The summed E-state index contributed by atoms with van der Waals surface area (Å²) in [5, 5.41) is 3.17. The van der Waals surface area contributed by atoms with Gasteiger partial charge in [-0.25, -0.2) is 0 Å². The summed E-state index contributed by atoms with van der Waals surface area (Å²) in [6, 6.07) is 4.03. The number of ether oxygens (including phenoxy) is 2. The van der Waals surface area contributed by atoms with Crippen molar-refractivity contribution in [2.45, 2.75) is 52.3 Å². The molecule has 1 aromatic carbocycles. The first kappa shape index (κ1) is 15.6. The zero-order valence-corrected chi connectivity index (χ0v) is 13.2. The van der Waals surface area contributed by atoms with Gasteiger partial charge in [0.1, 0.15) is 17.6 Å². The van der Waals surface area contributed by atoms with Gasteiger partial charge in [0, 0.05) is 24.1 Å². The largest absolute Gasteiger partial charge is 0.494 e. The number of primary amides is 1. The maximum atomic E-state index is 11.4. The Morgan fingerprint density at radius 1 is 1.52 bits per heavy atom. The number of benzene rings is 1. The van der Waals surface area contributed by atoms with Crippen molar-refractivity contribution >= 4 is 5.91 Å². The van der Waals surface area contributed by atoms with Gasteiger partial charge in [-0.3, -0.25) is 10.1 Å². The summed E-state index contributed by atoms with van der Waals surface area (Å²) in [5.41, 5.74) is 6.76. The van der Waals surface area contributed by atoms with Gasteiger partial charge in [-0.05, 0) is 39.8 Å². The van der Waals surface area contributed by atoms with E-state index in [0.29, 0.717) is 13.2 Å².